The highest BCUT2D eigenvalue weighted by Crippen LogP contribution is 2.35. The minimum absolute atomic E-state index is 0.189. The number of rotatable bonds is 7. The van der Waals surface area contributed by atoms with E-state index in [1.807, 2.05) is 60.8 Å². The third-order valence-corrected chi connectivity index (χ3v) is 6.51. The summed E-state index contributed by atoms with van der Waals surface area (Å²) in [5.41, 5.74) is 3.82. The van der Waals surface area contributed by atoms with Gasteiger partial charge in [-0.3, -0.25) is 10.1 Å². The number of hydrogen-bond donors (Lipinski definition) is 1. The van der Waals surface area contributed by atoms with Crippen LogP contribution in [-0.4, -0.2) is 16.5 Å². The van der Waals surface area contributed by atoms with E-state index < -0.39 is 0 Å². The standard InChI is InChI=1S/C27H21BrN2O3/c28-25-14-21(24(16-30(31)32)23-15-29-26-8-4-3-7-22(23)26)11-12-27(25)33-17-18-9-10-19-5-1-2-6-20(19)13-18/h1-15,24,29H,16-17H2/t24-/m0/s1. The predicted octanol–water partition coefficient (Wildman–Crippen LogP) is 7.07. The maximum absolute atomic E-state index is 11.5. The van der Waals surface area contributed by atoms with E-state index in [-0.39, 0.29) is 17.4 Å². The lowest BCUT2D eigenvalue weighted by Gasteiger charge is -2.15. The average Bonchev–Trinajstić information content (AvgIpc) is 3.25. The molecule has 5 aromatic rings. The van der Waals surface area contributed by atoms with Gasteiger partial charge in [0.05, 0.1) is 10.4 Å². The number of hydrogen-bond acceptors (Lipinski definition) is 3. The lowest BCUT2D eigenvalue weighted by Crippen LogP contribution is -2.14. The van der Waals surface area contributed by atoms with Crippen LogP contribution in [0.4, 0.5) is 0 Å². The molecule has 1 heterocycles. The molecule has 0 aliphatic carbocycles. The van der Waals surface area contributed by atoms with Crippen molar-refractivity contribution in [3.8, 4) is 5.75 Å². The van der Waals surface area contributed by atoms with E-state index >= 15 is 0 Å². The van der Waals surface area contributed by atoms with E-state index in [0.717, 1.165) is 32.1 Å². The molecule has 0 unspecified atom stereocenters. The molecule has 1 N–H and O–H groups in total. The molecule has 0 fully saturated rings. The van der Waals surface area contributed by atoms with Gasteiger partial charge in [-0.05, 0) is 67.7 Å². The fourth-order valence-electron chi connectivity index (χ4n) is 4.26. The maximum atomic E-state index is 11.5. The number of halogens is 1. The number of ether oxygens (including phenoxy) is 1. The molecule has 0 saturated carbocycles. The van der Waals surface area contributed by atoms with Gasteiger partial charge in [0.2, 0.25) is 6.54 Å². The third kappa shape index (κ3) is 4.47. The molecule has 0 saturated heterocycles. The summed E-state index contributed by atoms with van der Waals surface area (Å²) in [4.78, 5) is 14.4. The van der Waals surface area contributed by atoms with Crippen molar-refractivity contribution < 1.29 is 9.66 Å². The van der Waals surface area contributed by atoms with Gasteiger partial charge in [-0.1, -0.05) is 60.7 Å². The summed E-state index contributed by atoms with van der Waals surface area (Å²) in [5.74, 6) is 0.327. The molecule has 0 amide bonds. The van der Waals surface area contributed by atoms with Gasteiger partial charge in [0.15, 0.2) is 0 Å². The molecule has 1 aromatic heterocycles. The maximum Gasteiger partial charge on any atom is 0.214 e. The van der Waals surface area contributed by atoms with Crippen molar-refractivity contribution in [3.05, 3.63) is 122 Å². The van der Waals surface area contributed by atoms with Crippen molar-refractivity contribution in [2.24, 2.45) is 0 Å². The first-order chi connectivity index (χ1) is 16.1. The molecule has 0 spiro atoms. The van der Waals surface area contributed by atoms with E-state index in [4.69, 9.17) is 4.74 Å². The molecule has 0 aliphatic rings. The summed E-state index contributed by atoms with van der Waals surface area (Å²) in [6, 6.07) is 28.1. The Morgan fingerprint density at radius 1 is 0.939 bits per heavy atom. The first-order valence-corrected chi connectivity index (χ1v) is 11.5. The summed E-state index contributed by atoms with van der Waals surface area (Å²) in [6.45, 7) is 0.245. The first kappa shape index (κ1) is 21.2. The zero-order valence-corrected chi connectivity index (χ0v) is 19.3. The number of nitrogens with one attached hydrogen (secondary N) is 1. The number of H-pyrrole nitrogens is 1. The molecule has 0 aliphatic heterocycles. The Bertz CT molecular complexity index is 1460. The number of nitro groups is 1. The molecule has 5 nitrogen and oxygen atoms in total. The molecule has 164 valence electrons. The lowest BCUT2D eigenvalue weighted by atomic mass is 9.91. The summed E-state index contributed by atoms with van der Waals surface area (Å²) in [6.07, 6.45) is 1.87. The van der Waals surface area contributed by atoms with Gasteiger partial charge < -0.3 is 9.72 Å². The van der Waals surface area contributed by atoms with Crippen LogP contribution in [0.25, 0.3) is 21.7 Å². The summed E-state index contributed by atoms with van der Waals surface area (Å²) in [7, 11) is 0. The van der Waals surface area contributed by atoms with Gasteiger partial charge >= 0.3 is 0 Å². The molecule has 0 radical (unpaired) electrons. The summed E-state index contributed by atoms with van der Waals surface area (Å²) < 4.78 is 6.83. The molecule has 33 heavy (non-hydrogen) atoms. The highest BCUT2D eigenvalue weighted by Gasteiger charge is 2.24. The SMILES string of the molecule is O=[N+]([O-])C[C@@H](c1ccc(OCc2ccc3ccccc3c2)c(Br)c1)c1c[nH]c2ccccc12. The zero-order valence-electron chi connectivity index (χ0n) is 17.7. The Balaban J connectivity index is 1.40. The van der Waals surface area contributed by atoms with Gasteiger partial charge in [-0.25, -0.2) is 0 Å². The first-order valence-electron chi connectivity index (χ1n) is 10.7. The number of aromatic amines is 1. The molecular weight excluding hydrogens is 480 g/mol. The van der Waals surface area contributed by atoms with E-state index in [0.29, 0.717) is 12.4 Å². The van der Waals surface area contributed by atoms with Crippen LogP contribution in [-0.2, 0) is 6.61 Å². The molecule has 6 heteroatoms. The van der Waals surface area contributed by atoms with Gasteiger partial charge in [-0.15, -0.1) is 0 Å². The second kappa shape index (κ2) is 9.08. The third-order valence-electron chi connectivity index (χ3n) is 5.89. The van der Waals surface area contributed by atoms with E-state index in [9.17, 15) is 10.1 Å². The molecule has 4 aromatic carbocycles. The smallest absolute Gasteiger partial charge is 0.214 e. The van der Waals surface area contributed by atoms with Crippen LogP contribution in [0, 0.1) is 10.1 Å². The van der Waals surface area contributed by atoms with Gasteiger partial charge in [-0.2, -0.15) is 0 Å². The fourth-order valence-corrected chi connectivity index (χ4v) is 4.77. The quantitative estimate of drug-likeness (QED) is 0.192. The fraction of sp³-hybridized carbons (Fsp3) is 0.111. The van der Waals surface area contributed by atoms with Crippen LogP contribution in [0.15, 0.2) is 95.6 Å². The topological polar surface area (TPSA) is 68.2 Å². The molecule has 0 bridgehead atoms. The lowest BCUT2D eigenvalue weighted by molar-refractivity contribution is -0.481. The Morgan fingerprint density at radius 3 is 2.55 bits per heavy atom. The summed E-state index contributed by atoms with van der Waals surface area (Å²) >= 11 is 3.61. The number of fused-ring (bicyclic) bond motifs is 2. The van der Waals surface area contributed by atoms with E-state index in [1.54, 1.807) is 0 Å². The van der Waals surface area contributed by atoms with Crippen molar-refractivity contribution in [1.29, 1.82) is 0 Å². The van der Waals surface area contributed by atoms with Crippen LogP contribution in [0.1, 0.15) is 22.6 Å². The van der Waals surface area contributed by atoms with Crippen LogP contribution in [0.2, 0.25) is 0 Å². The molecule has 5 rings (SSSR count). The second-order valence-electron chi connectivity index (χ2n) is 8.02. The molecular formula is C27H21BrN2O3. The minimum atomic E-state index is -0.373. The Hall–Kier alpha value is -3.64. The highest BCUT2D eigenvalue weighted by atomic mass is 79.9. The Kier molecular flexibility index (Phi) is 5.84. The van der Waals surface area contributed by atoms with Gasteiger partial charge in [0, 0.05) is 22.0 Å². The minimum Gasteiger partial charge on any atom is -0.488 e. The van der Waals surface area contributed by atoms with Crippen LogP contribution in [0.5, 0.6) is 5.75 Å². The molecule has 1 atom stereocenters. The van der Waals surface area contributed by atoms with Crippen LogP contribution < -0.4 is 4.74 Å². The summed E-state index contributed by atoms with van der Waals surface area (Å²) in [5, 5.41) is 14.8. The highest BCUT2D eigenvalue weighted by molar-refractivity contribution is 9.10. The van der Waals surface area contributed by atoms with Crippen LogP contribution >= 0.6 is 15.9 Å². The Morgan fingerprint density at radius 2 is 1.73 bits per heavy atom. The number of aromatic nitrogens is 1. The zero-order chi connectivity index (χ0) is 22.8. The van der Waals surface area contributed by atoms with Crippen molar-refractivity contribution >= 4 is 37.6 Å². The normalized spacial score (nSPS) is 12.2. The average molecular weight is 501 g/mol. The predicted molar refractivity (Wildman–Crippen MR) is 134 cm³/mol. The van der Waals surface area contributed by atoms with Crippen LogP contribution in [0.3, 0.4) is 0 Å². The Labute approximate surface area is 199 Å². The number of nitrogens with zero attached hydrogens (tertiary/aromatic N) is 1. The van der Waals surface area contributed by atoms with Crippen molar-refractivity contribution in [2.75, 3.05) is 6.54 Å². The monoisotopic (exact) mass is 500 g/mol. The number of benzene rings is 4. The van der Waals surface area contributed by atoms with E-state index in [2.05, 4.69) is 51.2 Å². The van der Waals surface area contributed by atoms with Crippen molar-refractivity contribution in [2.45, 2.75) is 12.5 Å². The largest absolute Gasteiger partial charge is 0.488 e. The van der Waals surface area contributed by atoms with Crippen molar-refractivity contribution in [1.82, 2.24) is 4.98 Å². The number of para-hydroxylation sites is 1. The van der Waals surface area contributed by atoms with Gasteiger partial charge in [0.1, 0.15) is 12.4 Å². The van der Waals surface area contributed by atoms with Gasteiger partial charge in [0.25, 0.3) is 0 Å². The van der Waals surface area contributed by atoms with Crippen molar-refractivity contribution in [3.63, 3.8) is 0 Å². The second-order valence-corrected chi connectivity index (χ2v) is 8.87. The van der Waals surface area contributed by atoms with E-state index in [1.165, 1.54) is 10.8 Å².